The number of para-hydroxylation sites is 2. The van der Waals surface area contributed by atoms with Crippen molar-refractivity contribution >= 4 is 30.6 Å². The van der Waals surface area contributed by atoms with Gasteiger partial charge in [-0.2, -0.15) is 0 Å². The van der Waals surface area contributed by atoms with Gasteiger partial charge in [0.1, 0.15) is 11.6 Å². The summed E-state index contributed by atoms with van der Waals surface area (Å²) < 4.78 is 0. The molecule has 3 aromatic carbocycles. The summed E-state index contributed by atoms with van der Waals surface area (Å²) in [5, 5.41) is 0. The average Bonchev–Trinajstić information content (AvgIpc) is 3.30. The summed E-state index contributed by atoms with van der Waals surface area (Å²) in [7, 11) is 2.06. The van der Waals surface area contributed by atoms with Crippen LogP contribution in [0.4, 0.5) is 23.0 Å². The first kappa shape index (κ1) is 22.1. The second-order valence-corrected chi connectivity index (χ2v) is 7.89. The van der Waals surface area contributed by atoms with Crippen LogP contribution in [-0.2, 0) is 20.1 Å². The molecule has 5 aromatic rings. The van der Waals surface area contributed by atoms with Crippen LogP contribution in [0.1, 0.15) is 0 Å². The molecule has 6 heteroatoms. The van der Waals surface area contributed by atoms with Gasteiger partial charge >= 0.3 is 7.55 Å². The zero-order chi connectivity index (χ0) is 22.0. The molecule has 0 saturated heterocycles. The number of rotatable bonds is 4. The van der Waals surface area contributed by atoms with E-state index >= 15 is 0 Å². The molecule has 2 radical (unpaired) electrons. The molecule has 1 aliphatic rings. The van der Waals surface area contributed by atoms with Gasteiger partial charge in [-0.1, -0.05) is 72.8 Å². The van der Waals surface area contributed by atoms with Gasteiger partial charge in [0.05, 0.1) is 11.4 Å². The van der Waals surface area contributed by atoms with Gasteiger partial charge in [-0.25, -0.2) is 9.97 Å². The third-order valence-corrected chi connectivity index (χ3v) is 5.84. The van der Waals surface area contributed by atoms with Crippen molar-refractivity contribution in [2.45, 2.75) is 0 Å². The first-order valence-electron chi connectivity index (χ1n) is 10.9. The van der Waals surface area contributed by atoms with Crippen LogP contribution in [0.3, 0.4) is 0 Å². The smallest absolute Gasteiger partial charge is 0.351 e. The summed E-state index contributed by atoms with van der Waals surface area (Å²) in [5.41, 5.74) is 6.67. The Hall–Kier alpha value is -3.73. The number of pyridine rings is 2. The van der Waals surface area contributed by atoms with Crippen LogP contribution >= 0.6 is 0 Å². The van der Waals surface area contributed by atoms with Gasteiger partial charge in [0, 0.05) is 43.6 Å². The maximum absolute atomic E-state index is 4.77. The number of nitrogens with zero attached hydrogens (tertiary/aromatic N) is 4. The van der Waals surface area contributed by atoms with Gasteiger partial charge in [0.15, 0.2) is 0 Å². The molecule has 0 saturated carbocycles. The zero-order valence-corrected chi connectivity index (χ0v) is 20.6. The van der Waals surface area contributed by atoms with Crippen LogP contribution in [-0.4, -0.2) is 17.5 Å². The molecule has 4 nitrogen and oxygen atoms in total. The van der Waals surface area contributed by atoms with E-state index in [4.69, 9.17) is 9.97 Å². The number of fused-ring (bicyclic) bond motifs is 1. The van der Waals surface area contributed by atoms with Gasteiger partial charge in [-0.05, 0) is 47.5 Å². The van der Waals surface area contributed by atoms with Gasteiger partial charge < -0.3 is 9.62 Å². The molecule has 0 bridgehead atoms. The number of hydrogen-bond acceptors (Lipinski definition) is 4. The molecule has 0 atom stereocenters. The topological polar surface area (TPSA) is 32.3 Å². The Balaban J connectivity index is 0.00000241. The molecule has 0 spiro atoms. The predicted octanol–water partition coefficient (Wildman–Crippen LogP) is 6.63. The zero-order valence-electron chi connectivity index (χ0n) is 18.2. The van der Waals surface area contributed by atoms with Crippen LogP contribution < -0.4 is 9.62 Å². The number of aromatic nitrogens is 2. The third kappa shape index (κ3) is 4.14. The Labute approximate surface area is 213 Å². The molecular formula is C28H20BIrN4. The van der Waals surface area contributed by atoms with Crippen LogP contribution in [0.5, 0.6) is 0 Å². The van der Waals surface area contributed by atoms with Crippen LogP contribution in [0, 0.1) is 0 Å². The third-order valence-electron chi connectivity index (χ3n) is 5.84. The van der Waals surface area contributed by atoms with E-state index in [1.807, 2.05) is 60.9 Å². The van der Waals surface area contributed by atoms with Crippen LogP contribution in [0.15, 0.2) is 122 Å². The van der Waals surface area contributed by atoms with Crippen molar-refractivity contribution in [2.24, 2.45) is 0 Å². The fourth-order valence-electron chi connectivity index (χ4n) is 4.14. The van der Waals surface area contributed by atoms with Crippen molar-refractivity contribution in [2.75, 3.05) is 9.62 Å². The van der Waals surface area contributed by atoms with Crippen molar-refractivity contribution < 1.29 is 20.1 Å². The molecule has 3 heterocycles. The SMILES string of the molecule is [B]1N(c2ccc(-c3ccccc3)cn2)c2ccccc2N1c1ccc(-c2ccccc2)cn1.[Ir]. The fraction of sp³-hybridized carbons (Fsp3) is 0. The summed E-state index contributed by atoms with van der Waals surface area (Å²) in [5.74, 6) is 1.73. The quantitative estimate of drug-likeness (QED) is 0.213. The predicted molar refractivity (Wildman–Crippen MR) is 136 cm³/mol. The molecule has 0 aliphatic carbocycles. The van der Waals surface area contributed by atoms with E-state index in [-0.39, 0.29) is 20.1 Å². The molecule has 0 fully saturated rings. The normalized spacial score (nSPS) is 12.0. The Morgan fingerprint density at radius 2 is 0.853 bits per heavy atom. The Morgan fingerprint density at radius 1 is 0.441 bits per heavy atom. The first-order chi connectivity index (χ1) is 16.4. The molecule has 0 unspecified atom stereocenters. The van der Waals surface area contributed by atoms with Crippen molar-refractivity contribution in [3.8, 4) is 22.3 Å². The van der Waals surface area contributed by atoms with Gasteiger partial charge in [0.25, 0.3) is 0 Å². The van der Waals surface area contributed by atoms with E-state index in [9.17, 15) is 0 Å². The second kappa shape index (κ2) is 9.64. The molecule has 0 N–H and O–H groups in total. The second-order valence-electron chi connectivity index (χ2n) is 7.89. The fourth-order valence-corrected chi connectivity index (χ4v) is 4.14. The molecule has 1 aliphatic heterocycles. The van der Waals surface area contributed by atoms with Gasteiger partial charge in [-0.15, -0.1) is 0 Å². The maximum Gasteiger partial charge on any atom is 0.403 e. The van der Waals surface area contributed by atoms with Gasteiger partial charge in [-0.3, -0.25) is 0 Å². The number of hydrogen-bond donors (Lipinski definition) is 0. The van der Waals surface area contributed by atoms with Crippen molar-refractivity contribution in [3.63, 3.8) is 0 Å². The summed E-state index contributed by atoms with van der Waals surface area (Å²) >= 11 is 0. The van der Waals surface area contributed by atoms with Crippen molar-refractivity contribution in [1.82, 2.24) is 9.97 Å². The van der Waals surface area contributed by atoms with Crippen molar-refractivity contribution in [3.05, 3.63) is 122 Å². The van der Waals surface area contributed by atoms with E-state index in [0.717, 1.165) is 45.3 Å². The molecule has 34 heavy (non-hydrogen) atoms. The van der Waals surface area contributed by atoms with E-state index in [2.05, 4.69) is 77.8 Å². The molecule has 0 amide bonds. The molecule has 2 aromatic heterocycles. The summed E-state index contributed by atoms with van der Waals surface area (Å²) in [6.07, 6.45) is 3.85. The Bertz CT molecular complexity index is 1270. The number of anilines is 4. The molecular weight excluding hydrogens is 595 g/mol. The standard InChI is InChI=1S/C28H20BN4.Ir/c1-3-9-21(10-4-1)23-15-17-27(30-19-23)32-25-13-7-8-14-26(25)33(29-32)28-18-16-24(20-31-28)22-11-5-2-6-12-22;/h1-20H;. The van der Waals surface area contributed by atoms with E-state index in [0.29, 0.717) is 0 Å². The first-order valence-corrected chi connectivity index (χ1v) is 10.9. The maximum atomic E-state index is 4.77. The largest absolute Gasteiger partial charge is 0.403 e. The minimum atomic E-state index is 0. The average molecular weight is 616 g/mol. The van der Waals surface area contributed by atoms with Crippen molar-refractivity contribution in [1.29, 1.82) is 0 Å². The van der Waals surface area contributed by atoms with Gasteiger partial charge in [0.2, 0.25) is 0 Å². The molecule has 164 valence electrons. The monoisotopic (exact) mass is 616 g/mol. The Kier molecular flexibility index (Phi) is 6.26. The summed E-state index contributed by atoms with van der Waals surface area (Å²) in [6, 6.07) is 37.3. The van der Waals surface area contributed by atoms with E-state index in [1.165, 1.54) is 0 Å². The minimum Gasteiger partial charge on any atom is -0.351 e. The van der Waals surface area contributed by atoms with Crippen LogP contribution in [0.2, 0.25) is 0 Å². The summed E-state index contributed by atoms with van der Waals surface area (Å²) in [4.78, 5) is 13.7. The molecule has 6 rings (SSSR count). The van der Waals surface area contributed by atoms with Crippen LogP contribution in [0.25, 0.3) is 22.3 Å². The van der Waals surface area contributed by atoms with E-state index in [1.54, 1.807) is 0 Å². The Morgan fingerprint density at radius 3 is 1.24 bits per heavy atom. The van der Waals surface area contributed by atoms with E-state index < -0.39 is 0 Å². The number of benzene rings is 3. The summed E-state index contributed by atoms with van der Waals surface area (Å²) in [6.45, 7) is 0. The minimum absolute atomic E-state index is 0.